The van der Waals surface area contributed by atoms with Gasteiger partial charge in [-0.1, -0.05) is 6.08 Å². The standard InChI is InChI=1S/C15H23N3O2/c1-11-8-9-12(16)13(18-11)7-5-6-10-17-14(19)20-15(2,3)4/h5,7-9H,6,10,16H2,1-4H3,(H,17,19). The molecule has 0 aliphatic heterocycles. The van der Waals surface area contributed by atoms with Crippen LogP contribution in [0.15, 0.2) is 18.2 Å². The van der Waals surface area contributed by atoms with E-state index in [9.17, 15) is 4.79 Å². The van der Waals surface area contributed by atoms with E-state index in [1.165, 1.54) is 0 Å². The molecule has 0 atom stereocenters. The van der Waals surface area contributed by atoms with Gasteiger partial charge in [-0.15, -0.1) is 0 Å². The number of hydrogen-bond donors (Lipinski definition) is 2. The number of ether oxygens (including phenoxy) is 1. The molecule has 110 valence electrons. The predicted octanol–water partition coefficient (Wildman–Crippen LogP) is 2.90. The molecular formula is C15H23N3O2. The van der Waals surface area contributed by atoms with Gasteiger partial charge in [0, 0.05) is 12.2 Å². The van der Waals surface area contributed by atoms with Crippen LogP contribution in [0, 0.1) is 6.92 Å². The quantitative estimate of drug-likeness (QED) is 0.830. The van der Waals surface area contributed by atoms with Gasteiger partial charge in [-0.3, -0.25) is 4.98 Å². The number of anilines is 1. The molecule has 0 aromatic carbocycles. The van der Waals surface area contributed by atoms with Gasteiger partial charge in [-0.2, -0.15) is 0 Å². The van der Waals surface area contributed by atoms with E-state index in [0.717, 1.165) is 11.4 Å². The van der Waals surface area contributed by atoms with Gasteiger partial charge in [0.25, 0.3) is 0 Å². The molecule has 3 N–H and O–H groups in total. The highest BCUT2D eigenvalue weighted by Crippen LogP contribution is 2.11. The number of nitrogens with two attached hydrogens (primary N) is 1. The van der Waals surface area contributed by atoms with Crippen LogP contribution >= 0.6 is 0 Å². The van der Waals surface area contributed by atoms with Crippen molar-refractivity contribution in [3.8, 4) is 0 Å². The Hall–Kier alpha value is -2.04. The maximum Gasteiger partial charge on any atom is 0.407 e. The number of aryl methyl sites for hydroxylation is 1. The number of hydrogen-bond acceptors (Lipinski definition) is 4. The Labute approximate surface area is 120 Å². The van der Waals surface area contributed by atoms with Crippen LogP contribution < -0.4 is 11.1 Å². The molecule has 0 fully saturated rings. The van der Waals surface area contributed by atoms with Crippen LogP contribution in [0.5, 0.6) is 0 Å². The minimum Gasteiger partial charge on any atom is -0.444 e. The van der Waals surface area contributed by atoms with Gasteiger partial charge < -0.3 is 15.8 Å². The molecule has 1 aromatic rings. The van der Waals surface area contributed by atoms with Crippen LogP contribution in [0.2, 0.25) is 0 Å². The normalized spacial score (nSPS) is 11.6. The Morgan fingerprint density at radius 1 is 1.45 bits per heavy atom. The lowest BCUT2D eigenvalue weighted by Gasteiger charge is -2.19. The molecule has 0 aliphatic rings. The molecule has 0 aliphatic carbocycles. The molecular weight excluding hydrogens is 254 g/mol. The summed E-state index contributed by atoms with van der Waals surface area (Å²) >= 11 is 0. The van der Waals surface area contributed by atoms with Gasteiger partial charge in [0.05, 0.1) is 11.4 Å². The number of rotatable bonds is 4. The highest BCUT2D eigenvalue weighted by molar-refractivity contribution is 5.67. The van der Waals surface area contributed by atoms with Crippen LogP contribution in [-0.2, 0) is 4.74 Å². The number of aromatic nitrogens is 1. The number of carbonyl (C=O) groups is 1. The maximum atomic E-state index is 11.4. The molecule has 5 nitrogen and oxygen atoms in total. The first-order chi connectivity index (χ1) is 9.28. The van der Waals surface area contributed by atoms with Crippen LogP contribution in [0.3, 0.4) is 0 Å². The van der Waals surface area contributed by atoms with Gasteiger partial charge in [0.2, 0.25) is 0 Å². The molecule has 1 rings (SSSR count). The van der Waals surface area contributed by atoms with Gasteiger partial charge in [0.15, 0.2) is 0 Å². The van der Waals surface area contributed by atoms with Gasteiger partial charge in [-0.05, 0) is 52.3 Å². The summed E-state index contributed by atoms with van der Waals surface area (Å²) in [7, 11) is 0. The number of nitrogens with one attached hydrogen (secondary N) is 1. The van der Waals surface area contributed by atoms with E-state index in [1.54, 1.807) is 0 Å². The Kier molecular flexibility index (Phi) is 5.55. The van der Waals surface area contributed by atoms with Crippen LogP contribution in [-0.4, -0.2) is 23.2 Å². The molecule has 0 unspecified atom stereocenters. The second-order valence-corrected chi connectivity index (χ2v) is 5.55. The fourth-order valence-corrected chi connectivity index (χ4v) is 1.49. The molecule has 1 amide bonds. The van der Waals surface area contributed by atoms with Crippen LogP contribution in [0.4, 0.5) is 10.5 Å². The second kappa shape index (κ2) is 6.93. The zero-order chi connectivity index (χ0) is 15.2. The first-order valence-electron chi connectivity index (χ1n) is 6.64. The van der Waals surface area contributed by atoms with Crippen molar-refractivity contribution in [1.29, 1.82) is 0 Å². The number of nitrogens with zero attached hydrogens (tertiary/aromatic N) is 1. The predicted molar refractivity (Wildman–Crippen MR) is 81.3 cm³/mol. The van der Waals surface area contributed by atoms with Crippen LogP contribution in [0.1, 0.15) is 38.6 Å². The lowest BCUT2D eigenvalue weighted by Crippen LogP contribution is -2.32. The van der Waals surface area contributed by atoms with E-state index in [0.29, 0.717) is 18.7 Å². The Morgan fingerprint density at radius 2 is 2.15 bits per heavy atom. The third-order valence-corrected chi connectivity index (χ3v) is 2.35. The van der Waals surface area contributed by atoms with Crippen LogP contribution in [0.25, 0.3) is 6.08 Å². The summed E-state index contributed by atoms with van der Waals surface area (Å²) in [6, 6.07) is 3.71. The number of nitrogen functional groups attached to an aromatic ring is 1. The summed E-state index contributed by atoms with van der Waals surface area (Å²) < 4.78 is 5.13. The van der Waals surface area contributed by atoms with Crippen molar-refractivity contribution in [3.63, 3.8) is 0 Å². The molecule has 5 heteroatoms. The van der Waals surface area contributed by atoms with Gasteiger partial charge in [0.1, 0.15) is 5.60 Å². The minimum atomic E-state index is -0.472. The lowest BCUT2D eigenvalue weighted by atomic mass is 10.2. The largest absolute Gasteiger partial charge is 0.444 e. The minimum absolute atomic E-state index is 0.404. The average molecular weight is 277 g/mol. The zero-order valence-electron chi connectivity index (χ0n) is 12.6. The van der Waals surface area contributed by atoms with Crippen molar-refractivity contribution in [2.75, 3.05) is 12.3 Å². The molecule has 20 heavy (non-hydrogen) atoms. The topological polar surface area (TPSA) is 77.2 Å². The van der Waals surface area contributed by atoms with E-state index < -0.39 is 11.7 Å². The summed E-state index contributed by atoms with van der Waals surface area (Å²) in [5, 5.41) is 2.69. The van der Waals surface area contributed by atoms with E-state index in [-0.39, 0.29) is 0 Å². The third-order valence-electron chi connectivity index (χ3n) is 2.35. The lowest BCUT2D eigenvalue weighted by molar-refractivity contribution is 0.0529. The molecule has 0 spiro atoms. The highest BCUT2D eigenvalue weighted by atomic mass is 16.6. The fourth-order valence-electron chi connectivity index (χ4n) is 1.49. The summed E-state index contributed by atoms with van der Waals surface area (Å²) in [5.41, 5.74) is 7.67. The van der Waals surface area contributed by atoms with Gasteiger partial charge >= 0.3 is 6.09 Å². The van der Waals surface area contributed by atoms with E-state index in [2.05, 4.69) is 10.3 Å². The summed E-state index contributed by atoms with van der Waals surface area (Å²) in [4.78, 5) is 15.7. The number of carbonyl (C=O) groups excluding carboxylic acids is 1. The van der Waals surface area contributed by atoms with E-state index in [1.807, 2.05) is 52.0 Å². The summed E-state index contributed by atoms with van der Waals surface area (Å²) in [5.74, 6) is 0. The molecule has 1 heterocycles. The summed E-state index contributed by atoms with van der Waals surface area (Å²) in [6.07, 6.45) is 4.07. The van der Waals surface area contributed by atoms with Gasteiger partial charge in [-0.25, -0.2) is 4.79 Å². The highest BCUT2D eigenvalue weighted by Gasteiger charge is 2.15. The summed E-state index contributed by atoms with van der Waals surface area (Å²) in [6.45, 7) is 7.92. The van der Waals surface area contributed by atoms with Crippen molar-refractivity contribution in [2.24, 2.45) is 0 Å². The molecule has 0 saturated carbocycles. The molecule has 0 saturated heterocycles. The van der Waals surface area contributed by atoms with Crippen molar-refractivity contribution >= 4 is 17.9 Å². The van der Waals surface area contributed by atoms with Crippen molar-refractivity contribution in [3.05, 3.63) is 29.6 Å². The van der Waals surface area contributed by atoms with Crippen molar-refractivity contribution in [2.45, 2.75) is 39.7 Å². The second-order valence-electron chi connectivity index (χ2n) is 5.55. The Bertz CT molecular complexity index is 490. The zero-order valence-corrected chi connectivity index (χ0v) is 12.6. The Balaban J connectivity index is 2.36. The monoisotopic (exact) mass is 277 g/mol. The fraction of sp³-hybridized carbons (Fsp3) is 0.467. The van der Waals surface area contributed by atoms with E-state index >= 15 is 0 Å². The van der Waals surface area contributed by atoms with Crippen molar-refractivity contribution in [1.82, 2.24) is 10.3 Å². The maximum absolute atomic E-state index is 11.4. The smallest absolute Gasteiger partial charge is 0.407 e. The first kappa shape index (κ1) is 16.0. The number of alkyl carbamates (subject to hydrolysis) is 1. The number of pyridine rings is 1. The Morgan fingerprint density at radius 3 is 2.80 bits per heavy atom. The molecule has 0 radical (unpaired) electrons. The average Bonchev–Trinajstić information content (AvgIpc) is 2.30. The van der Waals surface area contributed by atoms with Crippen molar-refractivity contribution < 1.29 is 9.53 Å². The SMILES string of the molecule is Cc1ccc(N)c(C=CCCNC(=O)OC(C)(C)C)n1. The number of amides is 1. The molecule has 1 aromatic heterocycles. The molecule has 0 bridgehead atoms. The van der Waals surface area contributed by atoms with E-state index in [4.69, 9.17) is 10.5 Å². The third kappa shape index (κ3) is 6.22. The first-order valence-corrected chi connectivity index (χ1v) is 6.64.